The Balaban J connectivity index is 1.78. The molecule has 0 aromatic heterocycles. The van der Waals surface area contributed by atoms with Crippen LogP contribution in [0.25, 0.3) is 0 Å². The highest BCUT2D eigenvalue weighted by Gasteiger charge is 2.61. The summed E-state index contributed by atoms with van der Waals surface area (Å²) in [5.74, 6) is -0.246. The van der Waals surface area contributed by atoms with Gasteiger partial charge in [-0.05, 0) is 25.5 Å². The first-order chi connectivity index (χ1) is 13.6. The predicted molar refractivity (Wildman–Crippen MR) is 117 cm³/mol. The van der Waals surface area contributed by atoms with E-state index in [1.54, 1.807) is 0 Å². The zero-order valence-electron chi connectivity index (χ0n) is 16.1. The normalized spacial score (nSPS) is 22.6. The maximum absolute atomic E-state index is 14.6. The van der Waals surface area contributed by atoms with Gasteiger partial charge in [-0.2, -0.15) is 0 Å². The van der Waals surface area contributed by atoms with E-state index in [1.165, 1.54) is 0 Å². The van der Waals surface area contributed by atoms with Crippen LogP contribution in [0.15, 0.2) is 89.8 Å². The van der Waals surface area contributed by atoms with Crippen LogP contribution in [0.4, 0.5) is 0 Å². The molecule has 0 radical (unpaired) electrons. The summed E-state index contributed by atoms with van der Waals surface area (Å²) >= 11 is 0. The zero-order chi connectivity index (χ0) is 19.7. The highest BCUT2D eigenvalue weighted by molar-refractivity contribution is 7.85. The number of benzene rings is 3. The molecule has 2 unspecified atom stereocenters. The van der Waals surface area contributed by atoms with E-state index in [0.29, 0.717) is 0 Å². The van der Waals surface area contributed by atoms with Crippen molar-refractivity contribution in [1.29, 1.82) is 0 Å². The van der Waals surface area contributed by atoms with Crippen LogP contribution < -0.4 is 10.6 Å². The number of hydrogen-bond donors (Lipinski definition) is 0. The minimum absolute atomic E-state index is 0.0355. The van der Waals surface area contributed by atoms with E-state index in [1.807, 2.05) is 96.2 Å². The van der Waals surface area contributed by atoms with E-state index >= 15 is 0 Å². The van der Waals surface area contributed by atoms with Crippen molar-refractivity contribution in [3.63, 3.8) is 0 Å². The molecule has 3 nitrogen and oxygen atoms in total. The summed E-state index contributed by atoms with van der Waals surface area (Å²) in [6, 6.07) is 27.1. The molecule has 1 fully saturated rings. The third-order valence-electron chi connectivity index (χ3n) is 5.33. The lowest BCUT2D eigenvalue weighted by Gasteiger charge is -2.19. The summed E-state index contributed by atoms with van der Waals surface area (Å²) in [7, 11) is -4.29. The summed E-state index contributed by atoms with van der Waals surface area (Å²) in [4.78, 5) is 0.763. The van der Waals surface area contributed by atoms with Crippen molar-refractivity contribution in [3.8, 4) is 0 Å². The van der Waals surface area contributed by atoms with Crippen LogP contribution in [0.2, 0.25) is 0 Å². The molecule has 0 bridgehead atoms. The monoisotopic (exact) mass is 409 g/mol. The van der Waals surface area contributed by atoms with Crippen LogP contribution in [0.5, 0.6) is 0 Å². The molecule has 5 heteroatoms. The molecule has 4 rings (SSSR count). The average Bonchev–Trinajstić information content (AvgIpc) is 3.49. The molecule has 1 aliphatic heterocycles. The minimum atomic E-state index is -2.96. The van der Waals surface area contributed by atoms with Crippen LogP contribution in [-0.4, -0.2) is 20.3 Å². The average molecular weight is 409 g/mol. The van der Waals surface area contributed by atoms with Gasteiger partial charge in [-0.25, -0.2) is 8.51 Å². The first-order valence-electron chi connectivity index (χ1n) is 9.55. The smallest absolute Gasteiger partial charge is 0.162 e. The van der Waals surface area contributed by atoms with E-state index < -0.39 is 18.1 Å². The van der Waals surface area contributed by atoms with Crippen molar-refractivity contribution < 1.29 is 8.77 Å². The molecular formula is C23H24NO2PS. The quantitative estimate of drug-likeness (QED) is 0.446. The SMILES string of the molecule is CC[C@@H]1[C@H](P(=O)(c2ccccc2)c2ccccc2)N1S(=O)c1ccc(C)cc1. The first-order valence-corrected chi connectivity index (χ1v) is 12.4. The third kappa shape index (κ3) is 3.30. The largest absolute Gasteiger partial charge is 0.312 e. The molecule has 0 aliphatic carbocycles. The molecular weight excluding hydrogens is 385 g/mol. The Morgan fingerprint density at radius 1 is 0.857 bits per heavy atom. The third-order valence-corrected chi connectivity index (χ3v) is 10.5. The van der Waals surface area contributed by atoms with E-state index in [-0.39, 0.29) is 11.8 Å². The van der Waals surface area contributed by atoms with Crippen molar-refractivity contribution in [2.75, 3.05) is 0 Å². The lowest BCUT2D eigenvalue weighted by atomic mass is 10.2. The fourth-order valence-electron chi connectivity index (χ4n) is 3.79. The van der Waals surface area contributed by atoms with Crippen molar-refractivity contribution in [2.24, 2.45) is 0 Å². The van der Waals surface area contributed by atoms with Gasteiger partial charge in [0.1, 0.15) is 16.8 Å². The Kier molecular flexibility index (Phi) is 5.37. The number of rotatable bonds is 6. The molecule has 0 saturated carbocycles. The zero-order valence-corrected chi connectivity index (χ0v) is 17.8. The topological polar surface area (TPSA) is 37.1 Å². The molecule has 1 heterocycles. The van der Waals surface area contributed by atoms with Crippen LogP contribution in [0, 0.1) is 6.92 Å². The molecule has 1 aliphatic rings. The van der Waals surface area contributed by atoms with Gasteiger partial charge in [-0.3, -0.25) is 0 Å². The van der Waals surface area contributed by atoms with Gasteiger partial charge in [0.05, 0.1) is 4.90 Å². The molecule has 4 atom stereocenters. The Morgan fingerprint density at radius 2 is 1.36 bits per heavy atom. The maximum Gasteiger partial charge on any atom is 0.162 e. The van der Waals surface area contributed by atoms with E-state index in [2.05, 4.69) is 6.92 Å². The molecule has 0 N–H and O–H groups in total. The van der Waals surface area contributed by atoms with Gasteiger partial charge in [0.15, 0.2) is 7.14 Å². The van der Waals surface area contributed by atoms with Crippen LogP contribution in [-0.2, 0) is 15.6 Å². The Hall–Kier alpha value is -2.00. The van der Waals surface area contributed by atoms with Gasteiger partial charge in [0.25, 0.3) is 0 Å². The van der Waals surface area contributed by atoms with Gasteiger partial charge >= 0.3 is 0 Å². The minimum Gasteiger partial charge on any atom is -0.312 e. The first kappa shape index (κ1) is 19.3. The van der Waals surface area contributed by atoms with E-state index in [9.17, 15) is 8.77 Å². The summed E-state index contributed by atoms with van der Waals surface area (Å²) < 4.78 is 29.8. The number of aryl methyl sites for hydroxylation is 1. The van der Waals surface area contributed by atoms with Gasteiger partial charge in [-0.15, -0.1) is 0 Å². The fourth-order valence-corrected chi connectivity index (χ4v) is 9.33. The molecule has 3 aromatic rings. The van der Waals surface area contributed by atoms with Crippen LogP contribution >= 0.6 is 7.14 Å². The van der Waals surface area contributed by atoms with Gasteiger partial charge in [0, 0.05) is 16.7 Å². The van der Waals surface area contributed by atoms with Gasteiger partial charge in [-0.1, -0.05) is 85.3 Å². The lowest BCUT2D eigenvalue weighted by Crippen LogP contribution is -2.22. The highest BCUT2D eigenvalue weighted by Crippen LogP contribution is 2.61. The second-order valence-corrected chi connectivity index (χ2v) is 11.4. The fraction of sp³-hybridized carbons (Fsp3) is 0.217. The van der Waals surface area contributed by atoms with Crippen LogP contribution in [0.1, 0.15) is 18.9 Å². The van der Waals surface area contributed by atoms with Crippen molar-refractivity contribution in [2.45, 2.75) is 37.0 Å². The lowest BCUT2D eigenvalue weighted by molar-refractivity contribution is 0.582. The number of hydrogen-bond acceptors (Lipinski definition) is 2. The molecule has 0 amide bonds. The Bertz CT molecular complexity index is 978. The predicted octanol–water partition coefficient (Wildman–Crippen LogP) is 4.45. The van der Waals surface area contributed by atoms with E-state index in [4.69, 9.17) is 0 Å². The van der Waals surface area contributed by atoms with Crippen molar-refractivity contribution in [1.82, 2.24) is 4.31 Å². The van der Waals surface area contributed by atoms with Gasteiger partial charge < -0.3 is 4.57 Å². The Labute approximate surface area is 169 Å². The van der Waals surface area contributed by atoms with Crippen molar-refractivity contribution in [3.05, 3.63) is 90.5 Å². The Morgan fingerprint density at radius 3 is 1.82 bits per heavy atom. The molecule has 0 spiro atoms. The standard InChI is InChI=1S/C23H24NO2PS/c1-3-22-23(24(22)28(26)21-16-14-18(2)15-17-21)27(25,19-10-6-4-7-11-19)20-12-8-5-9-13-20/h4-17,22-23H,3H2,1-2H3/t22-,23+,24?,28?/m1/s1. The highest BCUT2D eigenvalue weighted by atomic mass is 32.2. The van der Waals surface area contributed by atoms with Gasteiger partial charge in [0.2, 0.25) is 0 Å². The maximum atomic E-state index is 14.6. The second-order valence-electron chi connectivity index (χ2n) is 7.14. The van der Waals surface area contributed by atoms with Crippen molar-refractivity contribution >= 4 is 28.7 Å². The molecule has 28 heavy (non-hydrogen) atoms. The summed E-state index contributed by atoms with van der Waals surface area (Å²) in [5.41, 5.74) is 1.13. The summed E-state index contributed by atoms with van der Waals surface area (Å²) in [6.07, 6.45) is 0.811. The number of nitrogens with zero attached hydrogens (tertiary/aromatic N) is 1. The summed E-state index contributed by atoms with van der Waals surface area (Å²) in [6.45, 7) is 4.09. The van der Waals surface area contributed by atoms with Crippen LogP contribution in [0.3, 0.4) is 0 Å². The molecule has 3 aromatic carbocycles. The second kappa shape index (κ2) is 7.79. The molecule has 1 saturated heterocycles. The summed E-state index contributed by atoms with van der Waals surface area (Å²) in [5, 5.41) is 1.65. The molecule has 144 valence electrons. The van der Waals surface area contributed by atoms with E-state index in [0.717, 1.165) is 27.5 Å².